The molecule has 3 heteroatoms. The van der Waals surface area contributed by atoms with Crippen molar-refractivity contribution < 1.29 is 0 Å². The van der Waals surface area contributed by atoms with Gasteiger partial charge in [-0.05, 0) is 62.8 Å². The molecule has 1 aromatic heterocycles. The Morgan fingerprint density at radius 1 is 1.38 bits per heavy atom. The third-order valence-corrected chi connectivity index (χ3v) is 4.49. The van der Waals surface area contributed by atoms with Gasteiger partial charge in [0.05, 0.1) is 5.03 Å². The van der Waals surface area contributed by atoms with Gasteiger partial charge in [0.2, 0.25) is 0 Å². The summed E-state index contributed by atoms with van der Waals surface area (Å²) < 4.78 is 0. The number of aromatic nitrogens is 1. The van der Waals surface area contributed by atoms with Crippen molar-refractivity contribution in [1.29, 1.82) is 0 Å². The Labute approximate surface area is 102 Å². The van der Waals surface area contributed by atoms with Crippen LogP contribution in [0.4, 0.5) is 0 Å². The van der Waals surface area contributed by atoms with Crippen molar-refractivity contribution in [1.82, 2.24) is 4.98 Å². The van der Waals surface area contributed by atoms with Gasteiger partial charge in [-0.15, -0.1) is 11.8 Å². The topological polar surface area (TPSA) is 38.9 Å². The molecule has 16 heavy (non-hydrogen) atoms. The van der Waals surface area contributed by atoms with Gasteiger partial charge in [-0.25, -0.2) is 4.98 Å². The fraction of sp³-hybridized carbons (Fsp3) is 0.615. The Morgan fingerprint density at radius 3 is 2.69 bits per heavy atom. The quantitative estimate of drug-likeness (QED) is 0.799. The van der Waals surface area contributed by atoms with Gasteiger partial charge in [0.1, 0.15) is 0 Å². The highest BCUT2D eigenvalue weighted by Gasteiger charge is 2.41. The van der Waals surface area contributed by atoms with Gasteiger partial charge in [-0.1, -0.05) is 0 Å². The lowest BCUT2D eigenvalue weighted by atomic mass is 10.1. The highest BCUT2D eigenvalue weighted by atomic mass is 32.2. The molecule has 1 aliphatic rings. The van der Waals surface area contributed by atoms with Crippen LogP contribution in [0.2, 0.25) is 0 Å². The summed E-state index contributed by atoms with van der Waals surface area (Å²) in [6.07, 6.45) is 3.87. The van der Waals surface area contributed by atoms with E-state index in [0.29, 0.717) is 5.41 Å². The number of nitrogens with two attached hydrogens (primary N) is 1. The zero-order valence-electron chi connectivity index (χ0n) is 10.1. The van der Waals surface area contributed by atoms with Gasteiger partial charge in [0.15, 0.2) is 0 Å². The molecule has 2 N–H and O–H groups in total. The summed E-state index contributed by atoms with van der Waals surface area (Å²) in [6.45, 7) is 5.01. The Kier molecular flexibility index (Phi) is 3.55. The lowest BCUT2D eigenvalue weighted by molar-refractivity contribution is 0.537. The van der Waals surface area contributed by atoms with Crippen LogP contribution in [-0.4, -0.2) is 17.3 Å². The average molecular weight is 236 g/mol. The number of aryl methyl sites for hydroxylation is 2. The van der Waals surface area contributed by atoms with E-state index in [2.05, 4.69) is 31.0 Å². The van der Waals surface area contributed by atoms with E-state index in [1.165, 1.54) is 35.6 Å². The van der Waals surface area contributed by atoms with Crippen molar-refractivity contribution in [2.75, 3.05) is 12.3 Å². The number of rotatable bonds is 5. The molecular weight excluding hydrogens is 216 g/mol. The molecule has 0 aromatic carbocycles. The largest absolute Gasteiger partial charge is 0.330 e. The number of pyridine rings is 1. The van der Waals surface area contributed by atoms with Crippen molar-refractivity contribution in [3.8, 4) is 0 Å². The van der Waals surface area contributed by atoms with Gasteiger partial charge in [-0.3, -0.25) is 0 Å². The maximum absolute atomic E-state index is 5.65. The molecule has 0 aliphatic heterocycles. The molecule has 1 fully saturated rings. The molecule has 0 unspecified atom stereocenters. The monoisotopic (exact) mass is 236 g/mol. The zero-order valence-corrected chi connectivity index (χ0v) is 10.9. The first-order valence-electron chi connectivity index (χ1n) is 5.92. The average Bonchev–Trinajstić information content (AvgIpc) is 2.95. The Hall–Kier alpha value is -0.540. The van der Waals surface area contributed by atoms with E-state index in [4.69, 9.17) is 5.73 Å². The fourth-order valence-corrected chi connectivity index (χ4v) is 3.42. The molecule has 0 radical (unpaired) electrons. The predicted molar refractivity (Wildman–Crippen MR) is 69.8 cm³/mol. The first-order valence-corrected chi connectivity index (χ1v) is 6.90. The molecule has 2 rings (SSSR count). The van der Waals surface area contributed by atoms with Crippen LogP contribution in [0.3, 0.4) is 0 Å². The summed E-state index contributed by atoms with van der Waals surface area (Å²) in [5, 5.41) is 1.17. The maximum atomic E-state index is 5.65. The summed E-state index contributed by atoms with van der Waals surface area (Å²) >= 11 is 1.89. The number of hydrogen-bond acceptors (Lipinski definition) is 3. The summed E-state index contributed by atoms with van der Waals surface area (Å²) in [4.78, 5) is 4.56. The molecule has 0 bridgehead atoms. The Bertz CT molecular complexity index is 352. The molecule has 1 aliphatic carbocycles. The van der Waals surface area contributed by atoms with Crippen LogP contribution in [0.25, 0.3) is 0 Å². The second-order valence-corrected chi connectivity index (χ2v) is 5.95. The van der Waals surface area contributed by atoms with E-state index >= 15 is 0 Å². The van der Waals surface area contributed by atoms with Crippen LogP contribution in [0.15, 0.2) is 17.2 Å². The lowest BCUT2D eigenvalue weighted by Gasteiger charge is -2.13. The second kappa shape index (κ2) is 4.76. The normalized spacial score (nSPS) is 17.4. The SMILES string of the molecule is Cc1cc(C)nc(SCC2(CCN)CC2)c1. The van der Waals surface area contributed by atoms with Crippen LogP contribution in [0.1, 0.15) is 30.5 Å². The van der Waals surface area contributed by atoms with Crippen LogP contribution >= 0.6 is 11.8 Å². The molecular formula is C13H20N2S. The predicted octanol–water partition coefficient (Wildman–Crippen LogP) is 2.92. The summed E-state index contributed by atoms with van der Waals surface area (Å²) in [5.74, 6) is 1.18. The highest BCUT2D eigenvalue weighted by molar-refractivity contribution is 7.99. The smallest absolute Gasteiger partial charge is 0.0965 e. The van der Waals surface area contributed by atoms with E-state index in [1.807, 2.05) is 11.8 Å². The van der Waals surface area contributed by atoms with Gasteiger partial charge < -0.3 is 5.73 Å². The Balaban J connectivity index is 1.94. The van der Waals surface area contributed by atoms with Crippen LogP contribution < -0.4 is 5.73 Å². The number of thioether (sulfide) groups is 1. The summed E-state index contributed by atoms with van der Waals surface area (Å²) in [6, 6.07) is 4.30. The molecule has 88 valence electrons. The third-order valence-electron chi connectivity index (χ3n) is 3.23. The molecule has 1 heterocycles. The van der Waals surface area contributed by atoms with E-state index < -0.39 is 0 Å². The van der Waals surface area contributed by atoms with Gasteiger partial charge >= 0.3 is 0 Å². The van der Waals surface area contributed by atoms with E-state index in [1.54, 1.807) is 0 Å². The van der Waals surface area contributed by atoms with E-state index in [9.17, 15) is 0 Å². The molecule has 2 nitrogen and oxygen atoms in total. The number of hydrogen-bond donors (Lipinski definition) is 1. The molecule has 0 saturated heterocycles. The van der Waals surface area contributed by atoms with Crippen molar-refractivity contribution >= 4 is 11.8 Å². The molecule has 0 amide bonds. The van der Waals surface area contributed by atoms with Gasteiger partial charge in [-0.2, -0.15) is 0 Å². The maximum Gasteiger partial charge on any atom is 0.0965 e. The molecule has 0 spiro atoms. The lowest BCUT2D eigenvalue weighted by Crippen LogP contribution is -2.11. The minimum atomic E-state index is 0.540. The third kappa shape index (κ3) is 2.98. The Morgan fingerprint density at radius 2 is 2.12 bits per heavy atom. The van der Waals surface area contributed by atoms with Crippen LogP contribution in [-0.2, 0) is 0 Å². The van der Waals surface area contributed by atoms with E-state index in [-0.39, 0.29) is 0 Å². The standard InChI is InChI=1S/C13H20N2S/c1-10-7-11(2)15-12(8-10)16-9-13(3-4-13)5-6-14/h7-8H,3-6,9,14H2,1-2H3. The minimum absolute atomic E-state index is 0.540. The number of nitrogens with zero attached hydrogens (tertiary/aromatic N) is 1. The minimum Gasteiger partial charge on any atom is -0.330 e. The van der Waals surface area contributed by atoms with Crippen LogP contribution in [0.5, 0.6) is 0 Å². The van der Waals surface area contributed by atoms with Gasteiger partial charge in [0.25, 0.3) is 0 Å². The van der Waals surface area contributed by atoms with Crippen molar-refractivity contribution in [2.24, 2.45) is 11.1 Å². The first kappa shape index (κ1) is 11.9. The van der Waals surface area contributed by atoms with E-state index in [0.717, 1.165) is 12.2 Å². The fourth-order valence-electron chi connectivity index (χ4n) is 2.05. The molecule has 1 saturated carbocycles. The van der Waals surface area contributed by atoms with Crippen LogP contribution in [0, 0.1) is 19.3 Å². The highest BCUT2D eigenvalue weighted by Crippen LogP contribution is 2.51. The van der Waals surface area contributed by atoms with Crippen molar-refractivity contribution in [3.05, 3.63) is 23.4 Å². The summed E-state index contributed by atoms with van der Waals surface area (Å²) in [5.41, 5.74) is 8.61. The second-order valence-electron chi connectivity index (χ2n) is 4.95. The summed E-state index contributed by atoms with van der Waals surface area (Å²) in [7, 11) is 0. The van der Waals surface area contributed by atoms with Crippen molar-refractivity contribution in [3.63, 3.8) is 0 Å². The molecule has 1 aromatic rings. The van der Waals surface area contributed by atoms with Gasteiger partial charge in [0, 0.05) is 11.4 Å². The first-order chi connectivity index (χ1) is 7.63. The van der Waals surface area contributed by atoms with Crippen molar-refractivity contribution in [2.45, 2.75) is 38.1 Å². The molecule has 0 atom stereocenters. The zero-order chi connectivity index (χ0) is 11.6.